The van der Waals surface area contributed by atoms with E-state index in [1.54, 1.807) is 41.7 Å². The Morgan fingerprint density at radius 2 is 2.10 bits per heavy atom. The number of hydrogen-bond donors (Lipinski definition) is 2. The van der Waals surface area contributed by atoms with Crippen molar-refractivity contribution >= 4 is 35.0 Å². The predicted molar refractivity (Wildman–Crippen MR) is 84.5 cm³/mol. The van der Waals surface area contributed by atoms with Crippen molar-refractivity contribution in [1.29, 1.82) is 0 Å². The van der Waals surface area contributed by atoms with Crippen LogP contribution in [0.3, 0.4) is 0 Å². The molecular formula is C16H15NO3S. The first-order chi connectivity index (χ1) is 10.0. The third kappa shape index (κ3) is 4.89. The monoisotopic (exact) mass is 301 g/mol. The number of nitrogens with one attached hydrogen (secondary N) is 1. The average molecular weight is 301 g/mol. The van der Waals surface area contributed by atoms with Crippen LogP contribution in [0.5, 0.6) is 0 Å². The summed E-state index contributed by atoms with van der Waals surface area (Å²) in [4.78, 5) is 24.7. The first kappa shape index (κ1) is 15.0. The van der Waals surface area contributed by atoms with E-state index in [2.05, 4.69) is 5.32 Å². The Kier molecular flexibility index (Phi) is 4.90. The second-order valence-electron chi connectivity index (χ2n) is 4.54. The topological polar surface area (TPSA) is 66.4 Å². The molecule has 0 saturated carbocycles. The minimum Gasteiger partial charge on any atom is -0.481 e. The number of hydrogen-bond acceptors (Lipinski definition) is 3. The maximum Gasteiger partial charge on any atom is 0.307 e. The molecule has 1 heterocycles. The maximum absolute atomic E-state index is 11.8. The van der Waals surface area contributed by atoms with E-state index in [1.165, 1.54) is 11.0 Å². The smallest absolute Gasteiger partial charge is 0.307 e. The summed E-state index contributed by atoms with van der Waals surface area (Å²) in [6.45, 7) is 2.01. The highest BCUT2D eigenvalue weighted by Gasteiger charge is 2.03. The lowest BCUT2D eigenvalue weighted by molar-refractivity contribution is -0.136. The van der Waals surface area contributed by atoms with Gasteiger partial charge in [-0.1, -0.05) is 12.1 Å². The number of benzene rings is 1. The van der Waals surface area contributed by atoms with E-state index >= 15 is 0 Å². The van der Waals surface area contributed by atoms with Gasteiger partial charge in [0.25, 0.3) is 0 Å². The lowest BCUT2D eigenvalue weighted by Gasteiger charge is -2.04. The van der Waals surface area contributed by atoms with Gasteiger partial charge in [0.15, 0.2) is 0 Å². The molecule has 0 atom stereocenters. The van der Waals surface area contributed by atoms with E-state index in [0.717, 1.165) is 4.88 Å². The lowest BCUT2D eigenvalue weighted by atomic mass is 10.1. The van der Waals surface area contributed by atoms with Crippen molar-refractivity contribution in [3.63, 3.8) is 0 Å². The van der Waals surface area contributed by atoms with Crippen molar-refractivity contribution in [3.05, 3.63) is 57.8 Å². The molecule has 0 fully saturated rings. The molecule has 0 aliphatic heterocycles. The molecule has 5 heteroatoms. The van der Waals surface area contributed by atoms with Crippen LogP contribution >= 0.6 is 11.3 Å². The summed E-state index contributed by atoms with van der Waals surface area (Å²) in [6, 6.07) is 10.8. The molecular weight excluding hydrogens is 286 g/mol. The Morgan fingerprint density at radius 3 is 2.76 bits per heavy atom. The summed E-state index contributed by atoms with van der Waals surface area (Å²) in [5, 5.41) is 11.5. The SMILES string of the molecule is Cc1ccc(C=CC(=O)Nc2cccc(CC(=O)O)c2)s1. The summed E-state index contributed by atoms with van der Waals surface area (Å²) in [7, 11) is 0. The van der Waals surface area contributed by atoms with Crippen LogP contribution in [0.4, 0.5) is 5.69 Å². The van der Waals surface area contributed by atoms with Crippen LogP contribution in [-0.2, 0) is 16.0 Å². The molecule has 0 spiro atoms. The van der Waals surface area contributed by atoms with Gasteiger partial charge in [0.2, 0.25) is 5.91 Å². The summed E-state index contributed by atoms with van der Waals surface area (Å²) < 4.78 is 0. The molecule has 2 rings (SSSR count). The molecule has 1 amide bonds. The zero-order valence-corrected chi connectivity index (χ0v) is 12.3. The highest BCUT2D eigenvalue weighted by Crippen LogP contribution is 2.16. The number of carbonyl (C=O) groups is 2. The van der Waals surface area contributed by atoms with E-state index in [4.69, 9.17) is 5.11 Å². The number of carboxylic acid groups (broad SMARTS) is 1. The second-order valence-corrected chi connectivity index (χ2v) is 5.86. The maximum atomic E-state index is 11.8. The van der Waals surface area contributed by atoms with Gasteiger partial charge in [-0.25, -0.2) is 0 Å². The zero-order chi connectivity index (χ0) is 15.2. The zero-order valence-electron chi connectivity index (χ0n) is 11.5. The standard InChI is InChI=1S/C16H15NO3S/c1-11-5-6-14(21-11)7-8-15(18)17-13-4-2-3-12(9-13)10-16(19)20/h2-9H,10H2,1H3,(H,17,18)(H,19,20). The Balaban J connectivity index is 1.99. The van der Waals surface area contributed by atoms with Crippen LogP contribution in [0.25, 0.3) is 6.08 Å². The minimum atomic E-state index is -0.897. The Labute approximate surface area is 126 Å². The van der Waals surface area contributed by atoms with Crippen molar-refractivity contribution in [2.75, 3.05) is 5.32 Å². The number of rotatable bonds is 5. The summed E-state index contributed by atoms with van der Waals surface area (Å²) in [5.41, 5.74) is 1.24. The lowest BCUT2D eigenvalue weighted by Crippen LogP contribution is -2.08. The molecule has 0 saturated heterocycles. The third-order valence-corrected chi connectivity index (χ3v) is 3.68. The molecule has 1 aromatic carbocycles. The Hall–Kier alpha value is -2.40. The van der Waals surface area contributed by atoms with Gasteiger partial charge >= 0.3 is 5.97 Å². The van der Waals surface area contributed by atoms with Gasteiger partial charge in [-0.05, 0) is 42.8 Å². The van der Waals surface area contributed by atoms with Gasteiger partial charge in [0.05, 0.1) is 6.42 Å². The fraction of sp³-hybridized carbons (Fsp3) is 0.125. The third-order valence-electron chi connectivity index (χ3n) is 2.71. The second kappa shape index (κ2) is 6.85. The van der Waals surface area contributed by atoms with E-state index in [0.29, 0.717) is 11.3 Å². The fourth-order valence-corrected chi connectivity index (χ4v) is 2.60. The molecule has 0 bridgehead atoms. The van der Waals surface area contributed by atoms with Crippen molar-refractivity contribution in [1.82, 2.24) is 0 Å². The number of amides is 1. The summed E-state index contributed by atoms with van der Waals surface area (Å²) in [5.74, 6) is -1.14. The van der Waals surface area contributed by atoms with Gasteiger partial charge in [-0.3, -0.25) is 9.59 Å². The molecule has 0 aliphatic carbocycles. The average Bonchev–Trinajstić information content (AvgIpc) is 2.82. The Bertz CT molecular complexity index is 688. The quantitative estimate of drug-likeness (QED) is 0.832. The summed E-state index contributed by atoms with van der Waals surface area (Å²) in [6.07, 6.45) is 3.16. The summed E-state index contributed by atoms with van der Waals surface area (Å²) >= 11 is 1.61. The molecule has 0 aliphatic rings. The van der Waals surface area contributed by atoms with Crippen molar-refractivity contribution in [2.45, 2.75) is 13.3 Å². The van der Waals surface area contributed by atoms with Gasteiger partial charge in [-0.2, -0.15) is 0 Å². The van der Waals surface area contributed by atoms with Crippen LogP contribution < -0.4 is 5.32 Å². The van der Waals surface area contributed by atoms with Crippen LogP contribution in [0, 0.1) is 6.92 Å². The van der Waals surface area contributed by atoms with Gasteiger partial charge in [0, 0.05) is 21.5 Å². The predicted octanol–water partition coefficient (Wildman–Crippen LogP) is 3.34. The normalized spacial score (nSPS) is 10.7. The number of thiophene rings is 1. The van der Waals surface area contributed by atoms with Crippen LogP contribution in [0.15, 0.2) is 42.5 Å². The van der Waals surface area contributed by atoms with E-state index < -0.39 is 5.97 Å². The van der Waals surface area contributed by atoms with Crippen LogP contribution in [0.1, 0.15) is 15.3 Å². The number of aryl methyl sites for hydroxylation is 1. The molecule has 4 nitrogen and oxygen atoms in total. The molecule has 2 aromatic rings. The van der Waals surface area contributed by atoms with Crippen molar-refractivity contribution in [3.8, 4) is 0 Å². The van der Waals surface area contributed by atoms with Gasteiger partial charge in [0.1, 0.15) is 0 Å². The molecule has 0 unspecified atom stereocenters. The molecule has 0 radical (unpaired) electrons. The number of anilines is 1. The van der Waals surface area contributed by atoms with Gasteiger partial charge < -0.3 is 10.4 Å². The first-order valence-corrected chi connectivity index (χ1v) is 7.21. The number of carbonyl (C=O) groups excluding carboxylic acids is 1. The highest BCUT2D eigenvalue weighted by atomic mass is 32.1. The van der Waals surface area contributed by atoms with Crippen molar-refractivity contribution < 1.29 is 14.7 Å². The van der Waals surface area contributed by atoms with E-state index in [-0.39, 0.29) is 12.3 Å². The van der Waals surface area contributed by atoms with Gasteiger partial charge in [-0.15, -0.1) is 11.3 Å². The van der Waals surface area contributed by atoms with E-state index in [1.807, 2.05) is 19.1 Å². The molecule has 108 valence electrons. The highest BCUT2D eigenvalue weighted by molar-refractivity contribution is 7.12. The van der Waals surface area contributed by atoms with Crippen molar-refractivity contribution in [2.24, 2.45) is 0 Å². The number of aliphatic carboxylic acids is 1. The largest absolute Gasteiger partial charge is 0.481 e. The molecule has 2 N–H and O–H groups in total. The van der Waals surface area contributed by atoms with Crippen LogP contribution in [-0.4, -0.2) is 17.0 Å². The number of carboxylic acids is 1. The first-order valence-electron chi connectivity index (χ1n) is 6.39. The fourth-order valence-electron chi connectivity index (χ4n) is 1.82. The van der Waals surface area contributed by atoms with E-state index in [9.17, 15) is 9.59 Å². The molecule has 1 aromatic heterocycles. The Morgan fingerprint density at radius 1 is 1.29 bits per heavy atom. The molecule has 21 heavy (non-hydrogen) atoms. The minimum absolute atomic E-state index is 0.0615. The van der Waals surface area contributed by atoms with Crippen LogP contribution in [0.2, 0.25) is 0 Å².